The second kappa shape index (κ2) is 8.99. The number of nitrogens with one attached hydrogen (secondary N) is 2. The molecular weight excluding hydrogens is 392 g/mol. The molecule has 1 aliphatic heterocycles. The van der Waals surface area contributed by atoms with Crippen molar-refractivity contribution in [3.8, 4) is 0 Å². The van der Waals surface area contributed by atoms with Crippen molar-refractivity contribution in [1.82, 2.24) is 20.7 Å². The van der Waals surface area contributed by atoms with Crippen molar-refractivity contribution in [3.05, 3.63) is 35.4 Å². The predicted molar refractivity (Wildman–Crippen MR) is 118 cm³/mol. The molecule has 7 nitrogen and oxygen atoms in total. The molecule has 0 atom stereocenters. The third-order valence-electron chi connectivity index (χ3n) is 6.83. The number of hydrogen-bond donors (Lipinski definition) is 2. The van der Waals surface area contributed by atoms with Gasteiger partial charge in [0.05, 0.1) is 0 Å². The molecule has 7 heteroatoms. The largest absolute Gasteiger partial charge is 0.344 e. The van der Waals surface area contributed by atoms with Gasteiger partial charge in [-0.25, -0.2) is 4.79 Å². The summed E-state index contributed by atoms with van der Waals surface area (Å²) in [4.78, 5) is 40.1. The van der Waals surface area contributed by atoms with E-state index >= 15 is 0 Å². The molecule has 1 heterocycles. The van der Waals surface area contributed by atoms with Crippen molar-refractivity contribution < 1.29 is 14.4 Å². The highest BCUT2D eigenvalue weighted by Gasteiger charge is 2.52. The highest BCUT2D eigenvalue weighted by molar-refractivity contribution is 6.08. The fraction of sp³-hybridized carbons (Fsp3) is 0.625. The first-order valence-corrected chi connectivity index (χ1v) is 11.7. The van der Waals surface area contributed by atoms with Crippen molar-refractivity contribution in [2.75, 3.05) is 6.54 Å². The van der Waals surface area contributed by atoms with Crippen LogP contribution in [0.15, 0.2) is 24.3 Å². The topological polar surface area (TPSA) is 81.8 Å². The Morgan fingerprint density at radius 1 is 1.16 bits per heavy atom. The number of carbonyl (C=O) groups is 3. The van der Waals surface area contributed by atoms with Crippen LogP contribution in [0.4, 0.5) is 4.79 Å². The molecule has 168 valence electrons. The molecular formula is C24H34N4O3. The molecule has 2 N–H and O–H groups in total. The fourth-order valence-corrected chi connectivity index (χ4v) is 4.71. The van der Waals surface area contributed by atoms with Gasteiger partial charge in [0, 0.05) is 25.6 Å². The van der Waals surface area contributed by atoms with E-state index in [1.807, 2.05) is 0 Å². The Morgan fingerprint density at radius 3 is 2.45 bits per heavy atom. The number of carbonyl (C=O) groups excluding carboxylic acids is 3. The van der Waals surface area contributed by atoms with Gasteiger partial charge in [0.1, 0.15) is 5.54 Å². The van der Waals surface area contributed by atoms with E-state index in [0.717, 1.165) is 43.7 Å². The number of hydrogen-bond acceptors (Lipinski definition) is 4. The van der Waals surface area contributed by atoms with Crippen molar-refractivity contribution in [2.24, 2.45) is 0 Å². The Hall–Kier alpha value is -2.41. The minimum absolute atomic E-state index is 0.255. The first-order valence-electron chi connectivity index (χ1n) is 11.7. The number of urea groups is 1. The summed E-state index contributed by atoms with van der Waals surface area (Å²) >= 11 is 0. The van der Waals surface area contributed by atoms with Crippen LogP contribution in [-0.2, 0) is 16.1 Å². The van der Waals surface area contributed by atoms with Gasteiger partial charge in [0.2, 0.25) is 5.91 Å². The summed E-state index contributed by atoms with van der Waals surface area (Å²) in [6.07, 6.45) is 6.77. The molecule has 2 saturated carbocycles. The Morgan fingerprint density at radius 2 is 1.84 bits per heavy atom. The minimum Gasteiger partial charge on any atom is -0.322 e. The Bertz CT molecular complexity index is 826. The van der Waals surface area contributed by atoms with Gasteiger partial charge in [-0.3, -0.25) is 19.9 Å². The van der Waals surface area contributed by atoms with Crippen LogP contribution in [0.25, 0.3) is 0 Å². The maximum Gasteiger partial charge on any atom is 0.344 e. The third kappa shape index (κ3) is 4.92. The molecule has 2 aliphatic carbocycles. The zero-order valence-electron chi connectivity index (χ0n) is 18.7. The van der Waals surface area contributed by atoms with Crippen LogP contribution < -0.4 is 10.7 Å². The zero-order chi connectivity index (χ0) is 22.0. The first-order chi connectivity index (χ1) is 14.9. The summed E-state index contributed by atoms with van der Waals surface area (Å²) in [5.74, 6) is -0.0949. The molecule has 1 aromatic rings. The second-order valence-electron chi connectivity index (χ2n) is 9.60. The Labute approximate surface area is 184 Å². The molecule has 1 aromatic carbocycles. The summed E-state index contributed by atoms with van der Waals surface area (Å²) in [6, 6.07) is 8.69. The lowest BCUT2D eigenvalue weighted by Gasteiger charge is -2.30. The molecule has 0 bridgehead atoms. The van der Waals surface area contributed by atoms with Crippen LogP contribution in [-0.4, -0.2) is 45.9 Å². The molecule has 0 radical (unpaired) electrons. The van der Waals surface area contributed by atoms with Crippen LogP contribution in [0.3, 0.4) is 0 Å². The predicted octanol–water partition coefficient (Wildman–Crippen LogP) is 3.45. The van der Waals surface area contributed by atoms with Gasteiger partial charge < -0.3 is 5.32 Å². The molecule has 0 unspecified atom stereocenters. The minimum atomic E-state index is -0.815. The van der Waals surface area contributed by atoms with Gasteiger partial charge in [-0.1, -0.05) is 57.4 Å². The summed E-state index contributed by atoms with van der Waals surface area (Å²) in [7, 11) is 0. The van der Waals surface area contributed by atoms with Gasteiger partial charge in [-0.15, -0.1) is 0 Å². The van der Waals surface area contributed by atoms with Crippen molar-refractivity contribution in [2.45, 2.75) is 89.3 Å². The second-order valence-corrected chi connectivity index (χ2v) is 9.60. The average Bonchev–Trinajstić information content (AvgIpc) is 3.57. The Kier molecular flexibility index (Phi) is 6.32. The molecule has 1 saturated heterocycles. The van der Waals surface area contributed by atoms with E-state index in [1.54, 1.807) is 0 Å². The summed E-state index contributed by atoms with van der Waals surface area (Å²) in [5, 5.41) is 3.73. The molecule has 3 aliphatic rings. The molecule has 1 spiro atoms. The van der Waals surface area contributed by atoms with E-state index in [2.05, 4.69) is 53.8 Å². The van der Waals surface area contributed by atoms with Crippen LogP contribution in [0.1, 0.15) is 82.3 Å². The number of benzene rings is 1. The average molecular weight is 427 g/mol. The van der Waals surface area contributed by atoms with Crippen LogP contribution >= 0.6 is 0 Å². The highest BCUT2D eigenvalue weighted by atomic mass is 16.2. The maximum atomic E-state index is 12.8. The van der Waals surface area contributed by atoms with Gasteiger partial charge >= 0.3 is 6.03 Å². The van der Waals surface area contributed by atoms with Gasteiger partial charge in [-0.05, 0) is 42.7 Å². The van der Waals surface area contributed by atoms with E-state index in [-0.39, 0.29) is 18.2 Å². The molecule has 31 heavy (non-hydrogen) atoms. The van der Waals surface area contributed by atoms with E-state index in [0.29, 0.717) is 31.3 Å². The number of imide groups is 1. The molecule has 4 amide bonds. The normalized spacial score (nSPS) is 20.6. The quantitative estimate of drug-likeness (QED) is 0.624. The molecule has 3 fully saturated rings. The highest BCUT2D eigenvalue weighted by Crippen LogP contribution is 2.33. The van der Waals surface area contributed by atoms with E-state index in [1.165, 1.54) is 11.1 Å². The van der Waals surface area contributed by atoms with Gasteiger partial charge in [-0.2, -0.15) is 5.01 Å². The van der Waals surface area contributed by atoms with Crippen molar-refractivity contribution in [3.63, 3.8) is 0 Å². The maximum absolute atomic E-state index is 12.8. The number of hydrazine groups is 1. The van der Waals surface area contributed by atoms with Crippen LogP contribution in [0, 0.1) is 0 Å². The van der Waals surface area contributed by atoms with Gasteiger partial charge in [0.15, 0.2) is 0 Å². The summed E-state index contributed by atoms with van der Waals surface area (Å²) < 4.78 is 0. The lowest BCUT2D eigenvalue weighted by molar-refractivity contribution is -0.140. The number of rotatable bonds is 8. The first kappa shape index (κ1) is 21.8. The summed E-state index contributed by atoms with van der Waals surface area (Å²) in [6.45, 7) is 5.79. The van der Waals surface area contributed by atoms with Crippen molar-refractivity contribution >= 4 is 17.8 Å². The molecule has 4 rings (SSSR count). The lowest BCUT2D eigenvalue weighted by Crippen LogP contribution is -2.51. The van der Waals surface area contributed by atoms with E-state index in [9.17, 15) is 14.4 Å². The van der Waals surface area contributed by atoms with Crippen LogP contribution in [0.2, 0.25) is 0 Å². The monoisotopic (exact) mass is 426 g/mol. The SMILES string of the molecule is CC(C)c1ccc(CN(CCC(=O)NN2C(=O)NC3(CCCCC3)C2=O)C2CC2)cc1. The number of amides is 4. The van der Waals surface area contributed by atoms with Gasteiger partial charge in [0.25, 0.3) is 5.91 Å². The standard InChI is InChI=1S/C24H34N4O3/c1-17(2)19-8-6-18(7-9-19)16-27(20-10-11-20)15-12-21(29)26-28-22(30)24(25-23(28)31)13-4-3-5-14-24/h6-9,17,20H,3-5,10-16H2,1-2H3,(H,25,31)(H,26,29). The van der Waals surface area contributed by atoms with E-state index in [4.69, 9.17) is 0 Å². The lowest BCUT2D eigenvalue weighted by atomic mass is 9.82. The Balaban J connectivity index is 1.30. The van der Waals surface area contributed by atoms with Crippen molar-refractivity contribution in [1.29, 1.82) is 0 Å². The van der Waals surface area contributed by atoms with Crippen LogP contribution in [0.5, 0.6) is 0 Å². The fourth-order valence-electron chi connectivity index (χ4n) is 4.71. The third-order valence-corrected chi connectivity index (χ3v) is 6.83. The smallest absolute Gasteiger partial charge is 0.322 e. The molecule has 0 aromatic heterocycles. The summed E-state index contributed by atoms with van der Waals surface area (Å²) in [5.41, 5.74) is 4.31. The zero-order valence-corrected chi connectivity index (χ0v) is 18.7. The number of nitrogens with zero attached hydrogens (tertiary/aromatic N) is 2. The van der Waals surface area contributed by atoms with E-state index < -0.39 is 11.6 Å².